The Bertz CT molecular complexity index is 525. The monoisotopic (exact) mass is 255 g/mol. The van der Waals surface area contributed by atoms with Crippen molar-refractivity contribution in [2.45, 2.75) is 0 Å². The van der Waals surface area contributed by atoms with E-state index in [4.69, 9.17) is 23.2 Å². The molecule has 16 heavy (non-hydrogen) atoms. The van der Waals surface area contributed by atoms with E-state index in [0.717, 1.165) is 0 Å². The van der Waals surface area contributed by atoms with Crippen LogP contribution in [-0.4, -0.2) is 16.2 Å². The Balaban J connectivity index is 2.39. The molecule has 0 aliphatic heterocycles. The van der Waals surface area contributed by atoms with Crippen LogP contribution in [0.25, 0.3) is 5.69 Å². The van der Waals surface area contributed by atoms with Crippen LogP contribution in [0, 0.1) is 0 Å². The highest BCUT2D eigenvalue weighted by Crippen LogP contribution is 2.24. The standard InChI is InChI=1S/C10H7Cl2N3O/c11-7-4-14-15(5-7)10-2-1-8(13-6-16)3-9(10)12/h1-6H,(H,13,16). The van der Waals surface area contributed by atoms with Crippen LogP contribution in [0.1, 0.15) is 0 Å². The second-order valence-electron chi connectivity index (χ2n) is 3.03. The summed E-state index contributed by atoms with van der Waals surface area (Å²) in [6.07, 6.45) is 3.77. The maximum Gasteiger partial charge on any atom is 0.211 e. The molecule has 0 atom stereocenters. The zero-order valence-electron chi connectivity index (χ0n) is 8.02. The largest absolute Gasteiger partial charge is 0.329 e. The fourth-order valence-electron chi connectivity index (χ4n) is 1.28. The zero-order valence-corrected chi connectivity index (χ0v) is 9.53. The van der Waals surface area contributed by atoms with Crippen LogP contribution in [-0.2, 0) is 4.79 Å². The van der Waals surface area contributed by atoms with Crippen molar-refractivity contribution in [2.24, 2.45) is 0 Å². The number of anilines is 1. The lowest BCUT2D eigenvalue weighted by atomic mass is 10.3. The molecule has 1 N–H and O–H groups in total. The van der Waals surface area contributed by atoms with E-state index in [2.05, 4.69) is 10.4 Å². The highest BCUT2D eigenvalue weighted by Gasteiger charge is 2.05. The molecule has 1 aromatic heterocycles. The van der Waals surface area contributed by atoms with Gasteiger partial charge in [-0.15, -0.1) is 0 Å². The SMILES string of the molecule is O=CNc1ccc(-n2cc(Cl)cn2)c(Cl)c1. The third-order valence-electron chi connectivity index (χ3n) is 1.97. The first-order valence-corrected chi connectivity index (χ1v) is 5.16. The van der Waals surface area contributed by atoms with Gasteiger partial charge in [0.15, 0.2) is 0 Å². The summed E-state index contributed by atoms with van der Waals surface area (Å²) in [6, 6.07) is 5.11. The summed E-state index contributed by atoms with van der Waals surface area (Å²) in [5.41, 5.74) is 1.33. The number of amides is 1. The highest BCUT2D eigenvalue weighted by molar-refractivity contribution is 6.33. The molecule has 0 spiro atoms. The zero-order chi connectivity index (χ0) is 11.5. The van der Waals surface area contributed by atoms with E-state index in [1.807, 2.05) is 0 Å². The molecule has 4 nitrogen and oxygen atoms in total. The molecule has 6 heteroatoms. The van der Waals surface area contributed by atoms with Crippen molar-refractivity contribution in [3.63, 3.8) is 0 Å². The number of hydrogen-bond donors (Lipinski definition) is 1. The molecule has 1 amide bonds. The van der Waals surface area contributed by atoms with Crippen LogP contribution in [0.15, 0.2) is 30.6 Å². The molecule has 1 aromatic carbocycles. The van der Waals surface area contributed by atoms with Gasteiger partial charge in [0, 0.05) is 11.9 Å². The maximum atomic E-state index is 10.3. The number of nitrogens with zero attached hydrogens (tertiary/aromatic N) is 2. The van der Waals surface area contributed by atoms with Crippen LogP contribution in [0.2, 0.25) is 10.0 Å². The number of rotatable bonds is 3. The van der Waals surface area contributed by atoms with Gasteiger partial charge in [-0.3, -0.25) is 4.79 Å². The molecular weight excluding hydrogens is 249 g/mol. The van der Waals surface area contributed by atoms with E-state index >= 15 is 0 Å². The van der Waals surface area contributed by atoms with Crippen LogP contribution in [0.3, 0.4) is 0 Å². The molecule has 0 saturated carbocycles. The van der Waals surface area contributed by atoms with Gasteiger partial charge in [0.25, 0.3) is 0 Å². The van der Waals surface area contributed by atoms with Crippen molar-refractivity contribution in [1.29, 1.82) is 0 Å². The quantitative estimate of drug-likeness (QED) is 0.858. The molecule has 0 bridgehead atoms. The Morgan fingerprint density at radius 2 is 2.19 bits per heavy atom. The molecule has 0 unspecified atom stereocenters. The number of aromatic nitrogens is 2. The second kappa shape index (κ2) is 4.55. The first-order valence-electron chi connectivity index (χ1n) is 4.41. The van der Waals surface area contributed by atoms with Gasteiger partial charge in [0.1, 0.15) is 0 Å². The molecule has 1 heterocycles. The first kappa shape index (κ1) is 11.0. The summed E-state index contributed by atoms with van der Waals surface area (Å²) in [4.78, 5) is 10.3. The molecule has 0 aliphatic carbocycles. The van der Waals surface area contributed by atoms with Crippen molar-refractivity contribution in [2.75, 3.05) is 5.32 Å². The highest BCUT2D eigenvalue weighted by atomic mass is 35.5. The summed E-state index contributed by atoms with van der Waals surface area (Å²) in [5.74, 6) is 0. The molecule has 0 radical (unpaired) electrons. The van der Waals surface area contributed by atoms with E-state index in [-0.39, 0.29) is 0 Å². The van der Waals surface area contributed by atoms with Crippen molar-refractivity contribution >= 4 is 35.3 Å². The molecule has 2 rings (SSSR count). The lowest BCUT2D eigenvalue weighted by Gasteiger charge is -2.06. The second-order valence-corrected chi connectivity index (χ2v) is 3.88. The number of hydrogen-bond acceptors (Lipinski definition) is 2. The van der Waals surface area contributed by atoms with Gasteiger partial charge in [-0.1, -0.05) is 23.2 Å². The molecule has 0 fully saturated rings. The number of carbonyl (C=O) groups is 1. The molecular formula is C10H7Cl2N3O. The topological polar surface area (TPSA) is 46.9 Å². The van der Waals surface area contributed by atoms with E-state index in [9.17, 15) is 4.79 Å². The van der Waals surface area contributed by atoms with Gasteiger partial charge >= 0.3 is 0 Å². The van der Waals surface area contributed by atoms with Crippen LogP contribution >= 0.6 is 23.2 Å². The number of benzene rings is 1. The minimum absolute atomic E-state index is 0.478. The normalized spacial score (nSPS) is 10.1. The van der Waals surface area contributed by atoms with Gasteiger partial charge in [0.2, 0.25) is 6.41 Å². The van der Waals surface area contributed by atoms with Gasteiger partial charge in [-0.25, -0.2) is 4.68 Å². The van der Waals surface area contributed by atoms with Gasteiger partial charge in [-0.2, -0.15) is 5.10 Å². The lowest BCUT2D eigenvalue weighted by molar-refractivity contribution is -0.105. The Kier molecular flexibility index (Phi) is 3.12. The van der Waals surface area contributed by atoms with Crippen LogP contribution in [0.4, 0.5) is 5.69 Å². The number of nitrogens with one attached hydrogen (secondary N) is 1. The van der Waals surface area contributed by atoms with E-state index in [0.29, 0.717) is 27.8 Å². The lowest BCUT2D eigenvalue weighted by Crippen LogP contribution is -1.98. The summed E-state index contributed by atoms with van der Waals surface area (Å²) in [6.45, 7) is 0. The number of halogens is 2. The first-order chi connectivity index (χ1) is 7.70. The summed E-state index contributed by atoms with van der Waals surface area (Å²) in [5, 5.41) is 7.56. The van der Waals surface area contributed by atoms with Crippen molar-refractivity contribution in [1.82, 2.24) is 9.78 Å². The molecule has 0 saturated heterocycles. The van der Waals surface area contributed by atoms with E-state index < -0.39 is 0 Å². The van der Waals surface area contributed by atoms with Crippen LogP contribution in [0.5, 0.6) is 0 Å². The predicted octanol–water partition coefficient (Wildman–Crippen LogP) is 2.75. The van der Waals surface area contributed by atoms with Gasteiger partial charge in [-0.05, 0) is 18.2 Å². The minimum atomic E-state index is 0.478. The maximum absolute atomic E-state index is 10.3. The van der Waals surface area contributed by atoms with E-state index in [1.165, 1.54) is 6.20 Å². The Labute approximate surface area is 102 Å². The average molecular weight is 256 g/mol. The molecule has 0 aliphatic rings. The summed E-state index contributed by atoms with van der Waals surface area (Å²) >= 11 is 11.8. The van der Waals surface area contributed by atoms with Gasteiger partial charge in [0.05, 0.1) is 21.9 Å². The van der Waals surface area contributed by atoms with Crippen molar-refractivity contribution in [3.8, 4) is 5.69 Å². The van der Waals surface area contributed by atoms with Crippen molar-refractivity contribution < 1.29 is 4.79 Å². The predicted molar refractivity (Wildman–Crippen MR) is 63.3 cm³/mol. The van der Waals surface area contributed by atoms with Crippen molar-refractivity contribution in [3.05, 3.63) is 40.6 Å². The minimum Gasteiger partial charge on any atom is -0.329 e. The summed E-state index contributed by atoms with van der Waals surface area (Å²) < 4.78 is 1.56. The van der Waals surface area contributed by atoms with Crippen LogP contribution < -0.4 is 5.32 Å². The fraction of sp³-hybridized carbons (Fsp3) is 0. The smallest absolute Gasteiger partial charge is 0.211 e. The third kappa shape index (κ3) is 2.18. The Morgan fingerprint density at radius 3 is 2.75 bits per heavy atom. The summed E-state index contributed by atoms with van der Waals surface area (Å²) in [7, 11) is 0. The average Bonchev–Trinajstić information content (AvgIpc) is 2.65. The van der Waals surface area contributed by atoms with E-state index in [1.54, 1.807) is 29.1 Å². The Hall–Kier alpha value is -1.52. The fourth-order valence-corrected chi connectivity index (χ4v) is 1.69. The third-order valence-corrected chi connectivity index (χ3v) is 2.47. The molecule has 82 valence electrons. The molecule has 2 aromatic rings. The Morgan fingerprint density at radius 1 is 1.38 bits per heavy atom. The van der Waals surface area contributed by atoms with Gasteiger partial charge < -0.3 is 5.32 Å². The number of carbonyl (C=O) groups excluding carboxylic acids is 1.